The topological polar surface area (TPSA) is 23.6 Å². The summed E-state index contributed by atoms with van der Waals surface area (Å²) in [6.45, 7) is 3.54. The Morgan fingerprint density at radius 2 is 1.77 bits per heavy atom. The first kappa shape index (κ1) is 15.1. The van der Waals surface area contributed by atoms with Crippen LogP contribution in [0, 0.1) is 0 Å². The third kappa shape index (κ3) is 3.89. The van der Waals surface area contributed by atoms with E-state index in [1.54, 1.807) is 11.3 Å². The van der Waals surface area contributed by atoms with Gasteiger partial charge in [-0.3, -0.25) is 4.79 Å². The quantitative estimate of drug-likeness (QED) is 0.844. The number of rotatable bonds is 5. The van der Waals surface area contributed by atoms with Crippen LogP contribution in [0.15, 0.2) is 47.8 Å². The van der Waals surface area contributed by atoms with Gasteiger partial charge in [-0.2, -0.15) is 0 Å². The molecule has 4 heteroatoms. The van der Waals surface area contributed by atoms with Crippen molar-refractivity contribution in [2.75, 3.05) is 31.1 Å². The van der Waals surface area contributed by atoms with Gasteiger partial charge in [-0.25, -0.2) is 0 Å². The first-order chi connectivity index (χ1) is 10.8. The average molecular weight is 314 g/mol. The molecular formula is C18H22N2OS. The highest BCUT2D eigenvalue weighted by Crippen LogP contribution is 2.17. The Balaban J connectivity index is 1.42. The number of para-hydroxylation sites is 1. The summed E-state index contributed by atoms with van der Waals surface area (Å²) in [6, 6.07) is 14.7. The number of amides is 1. The molecule has 1 aliphatic rings. The standard InChI is InChI=1S/C18H22N2OS/c21-18(10-4-8-17-9-5-15-22-17)20-13-11-19(12-14-20)16-6-2-1-3-7-16/h1-3,5-7,9,15H,4,8,10-14H2. The molecule has 1 aromatic carbocycles. The molecule has 2 aromatic rings. The normalized spacial score (nSPS) is 15.1. The highest BCUT2D eigenvalue weighted by molar-refractivity contribution is 7.09. The number of hydrogen-bond acceptors (Lipinski definition) is 3. The van der Waals surface area contributed by atoms with Gasteiger partial charge in [0, 0.05) is 43.2 Å². The summed E-state index contributed by atoms with van der Waals surface area (Å²) in [5.74, 6) is 0.310. The van der Waals surface area contributed by atoms with Gasteiger partial charge in [-0.1, -0.05) is 24.3 Å². The summed E-state index contributed by atoms with van der Waals surface area (Å²) in [4.78, 5) is 18.0. The Bertz CT molecular complexity index is 574. The van der Waals surface area contributed by atoms with Gasteiger partial charge >= 0.3 is 0 Å². The highest BCUT2D eigenvalue weighted by atomic mass is 32.1. The Kier molecular flexibility index (Phi) is 5.11. The predicted molar refractivity (Wildman–Crippen MR) is 92.5 cm³/mol. The van der Waals surface area contributed by atoms with Crippen LogP contribution >= 0.6 is 11.3 Å². The van der Waals surface area contributed by atoms with Crippen molar-refractivity contribution in [3.63, 3.8) is 0 Å². The minimum atomic E-state index is 0.310. The van der Waals surface area contributed by atoms with E-state index in [0.717, 1.165) is 39.0 Å². The lowest BCUT2D eigenvalue weighted by Crippen LogP contribution is -2.48. The molecule has 22 heavy (non-hydrogen) atoms. The molecular weight excluding hydrogens is 292 g/mol. The molecule has 116 valence electrons. The molecule has 1 saturated heterocycles. The molecule has 2 heterocycles. The number of benzene rings is 1. The van der Waals surface area contributed by atoms with E-state index in [4.69, 9.17) is 0 Å². The molecule has 1 aliphatic heterocycles. The number of nitrogens with zero attached hydrogens (tertiary/aromatic N) is 2. The Morgan fingerprint density at radius 1 is 1.00 bits per heavy atom. The fourth-order valence-electron chi connectivity index (χ4n) is 2.88. The van der Waals surface area contributed by atoms with E-state index in [9.17, 15) is 4.79 Å². The van der Waals surface area contributed by atoms with Crippen LogP contribution in [0.2, 0.25) is 0 Å². The molecule has 0 bridgehead atoms. The lowest BCUT2D eigenvalue weighted by molar-refractivity contribution is -0.131. The summed E-state index contributed by atoms with van der Waals surface area (Å²) in [6.07, 6.45) is 2.65. The monoisotopic (exact) mass is 314 g/mol. The van der Waals surface area contributed by atoms with E-state index in [0.29, 0.717) is 12.3 Å². The van der Waals surface area contributed by atoms with Gasteiger partial charge in [0.25, 0.3) is 0 Å². The predicted octanol–water partition coefficient (Wildman–Crippen LogP) is 3.42. The van der Waals surface area contributed by atoms with Crippen LogP contribution in [-0.4, -0.2) is 37.0 Å². The Hall–Kier alpha value is -1.81. The van der Waals surface area contributed by atoms with E-state index in [1.165, 1.54) is 10.6 Å². The number of carbonyl (C=O) groups is 1. The minimum absolute atomic E-state index is 0.310. The molecule has 1 amide bonds. The van der Waals surface area contributed by atoms with Crippen LogP contribution in [-0.2, 0) is 11.2 Å². The summed E-state index contributed by atoms with van der Waals surface area (Å²) in [7, 11) is 0. The van der Waals surface area contributed by atoms with Gasteiger partial charge in [-0.15, -0.1) is 11.3 Å². The van der Waals surface area contributed by atoms with Gasteiger partial charge in [0.2, 0.25) is 5.91 Å². The fraction of sp³-hybridized carbons (Fsp3) is 0.389. The highest BCUT2D eigenvalue weighted by Gasteiger charge is 2.20. The van der Waals surface area contributed by atoms with Crippen LogP contribution in [0.5, 0.6) is 0 Å². The number of hydrogen-bond donors (Lipinski definition) is 0. The molecule has 0 spiro atoms. The Morgan fingerprint density at radius 3 is 2.45 bits per heavy atom. The van der Waals surface area contributed by atoms with E-state index in [1.807, 2.05) is 11.0 Å². The summed E-state index contributed by atoms with van der Waals surface area (Å²) in [5, 5.41) is 2.10. The van der Waals surface area contributed by atoms with Crippen molar-refractivity contribution in [1.82, 2.24) is 4.90 Å². The van der Waals surface area contributed by atoms with Crippen molar-refractivity contribution in [3.05, 3.63) is 52.7 Å². The maximum atomic E-state index is 12.3. The SMILES string of the molecule is O=C(CCCc1cccs1)N1CCN(c2ccccc2)CC1. The maximum absolute atomic E-state index is 12.3. The van der Waals surface area contributed by atoms with Gasteiger partial charge in [-0.05, 0) is 36.4 Å². The van der Waals surface area contributed by atoms with E-state index in [-0.39, 0.29) is 0 Å². The van der Waals surface area contributed by atoms with Crippen molar-refractivity contribution < 1.29 is 4.79 Å². The lowest BCUT2D eigenvalue weighted by atomic mass is 10.2. The molecule has 3 rings (SSSR count). The third-order valence-corrected chi connectivity index (χ3v) is 5.08. The van der Waals surface area contributed by atoms with Crippen molar-refractivity contribution in [2.45, 2.75) is 19.3 Å². The van der Waals surface area contributed by atoms with Crippen LogP contribution in [0.4, 0.5) is 5.69 Å². The summed E-state index contributed by atoms with van der Waals surface area (Å²) in [5.41, 5.74) is 1.26. The molecule has 0 radical (unpaired) electrons. The zero-order chi connectivity index (χ0) is 15.2. The molecule has 0 atom stereocenters. The number of aryl methyl sites for hydroxylation is 1. The summed E-state index contributed by atoms with van der Waals surface area (Å²) < 4.78 is 0. The summed E-state index contributed by atoms with van der Waals surface area (Å²) >= 11 is 1.78. The first-order valence-corrected chi connectivity index (χ1v) is 8.81. The molecule has 1 fully saturated rings. The average Bonchev–Trinajstić information content (AvgIpc) is 3.09. The zero-order valence-electron chi connectivity index (χ0n) is 12.8. The zero-order valence-corrected chi connectivity index (χ0v) is 13.6. The smallest absolute Gasteiger partial charge is 0.222 e. The van der Waals surface area contributed by atoms with Crippen LogP contribution in [0.25, 0.3) is 0 Å². The van der Waals surface area contributed by atoms with Gasteiger partial charge < -0.3 is 9.80 Å². The maximum Gasteiger partial charge on any atom is 0.222 e. The van der Waals surface area contributed by atoms with Crippen LogP contribution < -0.4 is 4.90 Å². The lowest BCUT2D eigenvalue weighted by Gasteiger charge is -2.36. The van der Waals surface area contributed by atoms with Crippen molar-refractivity contribution in [1.29, 1.82) is 0 Å². The van der Waals surface area contributed by atoms with E-state index >= 15 is 0 Å². The van der Waals surface area contributed by atoms with Gasteiger partial charge in [0.1, 0.15) is 0 Å². The second-order valence-electron chi connectivity index (χ2n) is 5.64. The van der Waals surface area contributed by atoms with E-state index < -0.39 is 0 Å². The van der Waals surface area contributed by atoms with Gasteiger partial charge in [0.05, 0.1) is 0 Å². The first-order valence-electron chi connectivity index (χ1n) is 7.93. The number of anilines is 1. The van der Waals surface area contributed by atoms with Crippen molar-refractivity contribution in [2.24, 2.45) is 0 Å². The van der Waals surface area contributed by atoms with Crippen LogP contribution in [0.1, 0.15) is 17.7 Å². The van der Waals surface area contributed by atoms with Gasteiger partial charge in [0.15, 0.2) is 0 Å². The molecule has 0 saturated carbocycles. The van der Waals surface area contributed by atoms with E-state index in [2.05, 4.69) is 46.7 Å². The Labute approximate surface area is 136 Å². The molecule has 0 aliphatic carbocycles. The molecule has 1 aromatic heterocycles. The van der Waals surface area contributed by atoms with Crippen molar-refractivity contribution in [3.8, 4) is 0 Å². The largest absolute Gasteiger partial charge is 0.368 e. The minimum Gasteiger partial charge on any atom is -0.368 e. The molecule has 3 nitrogen and oxygen atoms in total. The fourth-order valence-corrected chi connectivity index (χ4v) is 3.63. The molecule has 0 N–H and O–H groups in total. The number of thiophene rings is 1. The second kappa shape index (κ2) is 7.45. The molecule has 0 unspecified atom stereocenters. The van der Waals surface area contributed by atoms with Crippen molar-refractivity contribution >= 4 is 22.9 Å². The second-order valence-corrected chi connectivity index (χ2v) is 6.67. The number of carbonyl (C=O) groups excluding carboxylic acids is 1. The number of piperazine rings is 1. The van der Waals surface area contributed by atoms with Crippen LogP contribution in [0.3, 0.4) is 0 Å². The third-order valence-electron chi connectivity index (χ3n) is 4.15.